The molecule has 0 saturated carbocycles. The van der Waals surface area contributed by atoms with E-state index >= 15 is 0 Å². The van der Waals surface area contributed by atoms with Gasteiger partial charge in [-0.2, -0.15) is 4.98 Å². The van der Waals surface area contributed by atoms with E-state index in [2.05, 4.69) is 23.1 Å². The Hall–Kier alpha value is -2.41. The third-order valence-corrected chi connectivity index (χ3v) is 5.07. The Morgan fingerprint density at radius 1 is 1.45 bits per heavy atom. The van der Waals surface area contributed by atoms with Gasteiger partial charge >= 0.3 is 11.8 Å². The van der Waals surface area contributed by atoms with E-state index in [0.717, 1.165) is 30.3 Å². The fourth-order valence-corrected chi connectivity index (χ4v) is 3.13. The fraction of sp³-hybridized carbons (Fsp3) is 0.650. The second-order valence-corrected chi connectivity index (χ2v) is 7.19. The van der Waals surface area contributed by atoms with Crippen LogP contribution in [-0.4, -0.2) is 50.8 Å². The lowest BCUT2D eigenvalue weighted by molar-refractivity contribution is -0.0350. The number of aliphatic hydroxyl groups is 2. The van der Waals surface area contributed by atoms with Gasteiger partial charge in [0, 0.05) is 6.20 Å². The number of nitrogens with zero attached hydrogens (tertiary/aromatic N) is 2. The number of aliphatic hydroxyl groups excluding tert-OH is 2. The smallest absolute Gasteiger partial charge is 0.412 e. The lowest BCUT2D eigenvalue weighted by atomic mass is 10.0. The average Bonchev–Trinajstić information content (AvgIpc) is 2.95. The molecule has 1 aliphatic rings. The summed E-state index contributed by atoms with van der Waals surface area (Å²) in [6, 6.07) is 0. The van der Waals surface area contributed by atoms with Gasteiger partial charge in [0.25, 0.3) is 0 Å². The molecule has 5 atom stereocenters. The molecule has 1 aromatic heterocycles. The minimum Gasteiger partial charge on any atom is -0.449 e. The Morgan fingerprint density at radius 2 is 2.17 bits per heavy atom. The van der Waals surface area contributed by atoms with Gasteiger partial charge in [-0.1, -0.05) is 39.0 Å². The Bertz CT molecular complexity index is 802. The summed E-state index contributed by atoms with van der Waals surface area (Å²) in [4.78, 5) is 28.3. The highest BCUT2D eigenvalue weighted by molar-refractivity contribution is 5.84. The Balaban J connectivity index is 2.10. The monoisotopic (exact) mass is 407 g/mol. The molecule has 1 unspecified atom stereocenters. The van der Waals surface area contributed by atoms with E-state index in [1.807, 2.05) is 6.92 Å². The lowest BCUT2D eigenvalue weighted by Crippen LogP contribution is -2.36. The number of nitrogens with one attached hydrogen (secondary N) is 1. The summed E-state index contributed by atoms with van der Waals surface area (Å²) in [5.41, 5.74) is -0.677. The molecule has 0 aliphatic carbocycles. The highest BCUT2D eigenvalue weighted by Crippen LogP contribution is 2.28. The first-order valence-corrected chi connectivity index (χ1v) is 9.87. The zero-order valence-corrected chi connectivity index (χ0v) is 17.0. The van der Waals surface area contributed by atoms with Gasteiger partial charge in [-0.25, -0.2) is 9.59 Å². The Labute approximate surface area is 170 Å². The fourth-order valence-electron chi connectivity index (χ4n) is 3.13. The lowest BCUT2D eigenvalue weighted by Gasteiger charge is -2.18. The van der Waals surface area contributed by atoms with Crippen molar-refractivity contribution in [3.05, 3.63) is 22.2 Å². The van der Waals surface area contributed by atoms with Gasteiger partial charge in [0.2, 0.25) is 0 Å². The van der Waals surface area contributed by atoms with Crippen molar-refractivity contribution in [2.24, 2.45) is 5.92 Å². The Kier molecular flexibility index (Phi) is 8.20. The van der Waals surface area contributed by atoms with E-state index in [0.29, 0.717) is 0 Å². The number of rotatable bonds is 8. The summed E-state index contributed by atoms with van der Waals surface area (Å²) in [7, 11) is 0. The molecule has 0 radical (unpaired) electrons. The summed E-state index contributed by atoms with van der Waals surface area (Å²) in [5, 5.41) is 22.3. The van der Waals surface area contributed by atoms with Crippen LogP contribution in [0.15, 0.2) is 11.0 Å². The molecule has 2 heterocycles. The van der Waals surface area contributed by atoms with Crippen LogP contribution in [0.5, 0.6) is 0 Å². The van der Waals surface area contributed by atoms with Crippen LogP contribution in [-0.2, 0) is 9.47 Å². The molecule has 1 saturated heterocycles. The van der Waals surface area contributed by atoms with E-state index in [4.69, 9.17) is 15.9 Å². The number of hydrogen-bond donors (Lipinski definition) is 3. The number of carbonyl (C=O) groups excluding carboxylic acids is 1. The highest BCUT2D eigenvalue weighted by atomic mass is 16.6. The number of ether oxygens (including phenoxy) is 2. The number of carbonyl (C=O) groups is 1. The number of hydrogen-bond acceptors (Lipinski definition) is 7. The number of terminal acetylenes is 1. The quantitative estimate of drug-likeness (QED) is 0.560. The molecule has 1 fully saturated rings. The van der Waals surface area contributed by atoms with Gasteiger partial charge in [-0.05, 0) is 19.3 Å². The summed E-state index contributed by atoms with van der Waals surface area (Å²) in [6.45, 7) is 5.98. The van der Waals surface area contributed by atoms with E-state index in [1.54, 1.807) is 6.92 Å². The van der Waals surface area contributed by atoms with Crippen molar-refractivity contribution in [2.75, 3.05) is 11.9 Å². The van der Waals surface area contributed by atoms with E-state index in [9.17, 15) is 19.8 Å². The first-order chi connectivity index (χ1) is 13.8. The average molecular weight is 407 g/mol. The molecule has 9 nitrogen and oxygen atoms in total. The standard InChI is InChI=1S/C20H29N3O6/c1-5-8-9-13(6-2)11-28-20(27)22-17-14(7-3)10-23(19(26)21-17)18-16(25)15(24)12(4)29-18/h3,10,12-13,15-16,18,24-25H,5-6,8-9,11H2,1-2,4H3,(H,21,22,26,27)/t12-,13?,15-,16-,18-/m1/s1. The summed E-state index contributed by atoms with van der Waals surface area (Å²) >= 11 is 0. The zero-order chi connectivity index (χ0) is 21.6. The van der Waals surface area contributed by atoms with Crippen molar-refractivity contribution in [3.63, 3.8) is 0 Å². The van der Waals surface area contributed by atoms with Crippen LogP contribution >= 0.6 is 0 Å². The van der Waals surface area contributed by atoms with Crippen LogP contribution in [0.3, 0.4) is 0 Å². The topological polar surface area (TPSA) is 123 Å². The summed E-state index contributed by atoms with van der Waals surface area (Å²) < 4.78 is 11.7. The predicted molar refractivity (Wildman–Crippen MR) is 106 cm³/mol. The SMILES string of the molecule is C#Cc1cn([C@@H]2O[C@H](C)[C@@H](O)[C@H]2O)c(=O)nc1NC(=O)OCC(CC)CCCC. The van der Waals surface area contributed by atoms with E-state index in [1.165, 1.54) is 6.20 Å². The maximum absolute atomic E-state index is 12.4. The molecule has 160 valence electrons. The summed E-state index contributed by atoms with van der Waals surface area (Å²) in [5.74, 6) is 2.50. The van der Waals surface area contributed by atoms with Crippen LogP contribution in [0.25, 0.3) is 0 Å². The van der Waals surface area contributed by atoms with Crippen LogP contribution in [0.4, 0.5) is 10.6 Å². The van der Waals surface area contributed by atoms with Crippen molar-refractivity contribution in [1.29, 1.82) is 0 Å². The van der Waals surface area contributed by atoms with Crippen molar-refractivity contribution in [3.8, 4) is 12.3 Å². The van der Waals surface area contributed by atoms with Gasteiger partial charge in [-0.3, -0.25) is 9.88 Å². The number of aromatic nitrogens is 2. The van der Waals surface area contributed by atoms with Gasteiger partial charge in [0.15, 0.2) is 12.0 Å². The molecule has 3 N–H and O–H groups in total. The number of unbranched alkanes of at least 4 members (excludes halogenated alkanes) is 1. The minimum absolute atomic E-state index is 0.110. The van der Waals surface area contributed by atoms with Crippen LogP contribution in [0, 0.1) is 18.3 Å². The van der Waals surface area contributed by atoms with E-state index in [-0.39, 0.29) is 23.9 Å². The van der Waals surface area contributed by atoms with E-state index < -0.39 is 36.3 Å². The minimum atomic E-state index is -1.31. The molecule has 2 rings (SSSR count). The van der Waals surface area contributed by atoms with Crippen LogP contribution in [0.1, 0.15) is 58.2 Å². The third kappa shape index (κ3) is 5.56. The largest absolute Gasteiger partial charge is 0.449 e. The third-order valence-electron chi connectivity index (χ3n) is 5.07. The number of anilines is 1. The molecule has 0 bridgehead atoms. The Morgan fingerprint density at radius 3 is 2.72 bits per heavy atom. The van der Waals surface area contributed by atoms with Gasteiger partial charge in [-0.15, -0.1) is 6.42 Å². The molecule has 1 amide bonds. The van der Waals surface area contributed by atoms with Crippen molar-refractivity contribution < 1.29 is 24.5 Å². The molecular formula is C20H29N3O6. The first-order valence-electron chi connectivity index (χ1n) is 9.87. The zero-order valence-electron chi connectivity index (χ0n) is 17.0. The van der Waals surface area contributed by atoms with Gasteiger partial charge in [0.05, 0.1) is 18.3 Å². The van der Waals surface area contributed by atoms with Gasteiger partial charge < -0.3 is 19.7 Å². The van der Waals surface area contributed by atoms with Crippen molar-refractivity contribution in [1.82, 2.24) is 9.55 Å². The van der Waals surface area contributed by atoms with Crippen LogP contribution in [0.2, 0.25) is 0 Å². The molecule has 0 spiro atoms. The maximum Gasteiger partial charge on any atom is 0.412 e. The molecule has 0 aromatic carbocycles. The molecule has 9 heteroatoms. The molecular weight excluding hydrogens is 378 g/mol. The molecule has 1 aromatic rings. The normalized spacial score (nSPS) is 24.7. The first kappa shape index (κ1) is 22.9. The second kappa shape index (κ2) is 10.4. The maximum atomic E-state index is 12.4. The number of amides is 1. The van der Waals surface area contributed by atoms with Gasteiger partial charge in [0.1, 0.15) is 12.2 Å². The summed E-state index contributed by atoms with van der Waals surface area (Å²) in [6.07, 6.45) is 5.73. The van der Waals surface area contributed by atoms with Crippen LogP contribution < -0.4 is 11.0 Å². The molecule has 1 aliphatic heterocycles. The van der Waals surface area contributed by atoms with Crippen molar-refractivity contribution in [2.45, 2.75) is 71.0 Å². The van der Waals surface area contributed by atoms with Crippen molar-refractivity contribution >= 4 is 11.9 Å². The molecule has 29 heavy (non-hydrogen) atoms. The highest BCUT2D eigenvalue weighted by Gasteiger charge is 2.42. The second-order valence-electron chi connectivity index (χ2n) is 7.19. The predicted octanol–water partition coefficient (Wildman–Crippen LogP) is 1.63.